The van der Waals surface area contributed by atoms with Gasteiger partial charge in [-0.2, -0.15) is 0 Å². The molecule has 10 aromatic rings. The zero-order valence-electron chi connectivity index (χ0n) is 32.1. The Kier molecular flexibility index (Phi) is 7.27. The van der Waals surface area contributed by atoms with Crippen LogP contribution in [0.15, 0.2) is 181 Å². The Morgan fingerprint density at radius 3 is 2.09 bits per heavy atom. The fourth-order valence-electron chi connectivity index (χ4n) is 9.45. The van der Waals surface area contributed by atoms with Gasteiger partial charge in [-0.1, -0.05) is 148 Å². The maximum absolute atomic E-state index is 6.85. The van der Waals surface area contributed by atoms with E-state index in [-0.39, 0.29) is 5.41 Å². The highest BCUT2D eigenvalue weighted by molar-refractivity contribution is 6.23. The van der Waals surface area contributed by atoms with Gasteiger partial charge in [0, 0.05) is 38.1 Å². The third-order valence-electron chi connectivity index (χ3n) is 12.2. The topological polar surface area (TPSA) is 38.9 Å². The van der Waals surface area contributed by atoms with Crippen molar-refractivity contribution in [3.05, 3.63) is 187 Å². The van der Waals surface area contributed by atoms with Crippen molar-refractivity contribution in [2.45, 2.75) is 26.2 Å². The minimum absolute atomic E-state index is 0.180. The average molecular weight is 731 g/mol. The Hall–Kier alpha value is -7.10. The van der Waals surface area contributed by atoms with Crippen LogP contribution in [0.1, 0.15) is 31.9 Å². The second-order valence-corrected chi connectivity index (χ2v) is 15.7. The van der Waals surface area contributed by atoms with Gasteiger partial charge in [0.2, 0.25) is 0 Å². The molecule has 8 aromatic carbocycles. The van der Waals surface area contributed by atoms with Crippen LogP contribution in [0.4, 0.5) is 0 Å². The molecule has 0 atom stereocenters. The molecule has 0 spiro atoms. The Balaban J connectivity index is 1.13. The fourth-order valence-corrected chi connectivity index (χ4v) is 9.45. The Labute approximate surface area is 331 Å². The first-order chi connectivity index (χ1) is 27.9. The smallest absolute Gasteiger partial charge is 0.143 e. The van der Waals surface area contributed by atoms with Crippen LogP contribution in [0.25, 0.3) is 104 Å². The van der Waals surface area contributed by atoms with E-state index in [9.17, 15) is 0 Å². The molecular weight excluding hydrogens is 693 g/mol. The summed E-state index contributed by atoms with van der Waals surface area (Å²) >= 11 is 0. The lowest BCUT2D eigenvalue weighted by molar-refractivity contribution is 0.655. The van der Waals surface area contributed by atoms with Crippen molar-refractivity contribution in [1.29, 1.82) is 0 Å². The molecule has 1 aliphatic carbocycles. The molecule has 1 aliphatic rings. The number of hydrogen-bond acceptors (Lipinski definition) is 3. The van der Waals surface area contributed by atoms with E-state index in [0.717, 1.165) is 71.7 Å². The number of hydrogen-bond donors (Lipinski definition) is 0. The molecule has 2 heterocycles. The zero-order valence-corrected chi connectivity index (χ0v) is 32.1. The maximum Gasteiger partial charge on any atom is 0.143 e. The van der Waals surface area contributed by atoms with Crippen molar-refractivity contribution < 1.29 is 4.42 Å². The highest BCUT2D eigenvalue weighted by Crippen LogP contribution is 2.49. The third kappa shape index (κ3) is 4.92. The first-order valence-electron chi connectivity index (χ1n) is 19.6. The minimum atomic E-state index is -0.180. The summed E-state index contributed by atoms with van der Waals surface area (Å²) in [5.74, 6) is 0. The highest BCUT2D eigenvalue weighted by Gasteiger charge is 2.35. The van der Waals surface area contributed by atoms with Crippen LogP contribution >= 0.6 is 0 Å². The molecule has 0 saturated heterocycles. The molecule has 0 N–H and O–H groups in total. The lowest BCUT2D eigenvalue weighted by Gasteiger charge is -2.23. The van der Waals surface area contributed by atoms with E-state index in [0.29, 0.717) is 0 Å². The van der Waals surface area contributed by atoms with Gasteiger partial charge in [-0.05, 0) is 97.8 Å². The number of furan rings is 1. The highest BCUT2D eigenvalue weighted by atomic mass is 16.3. The van der Waals surface area contributed by atoms with Gasteiger partial charge in [-0.25, -0.2) is 4.98 Å². The summed E-state index contributed by atoms with van der Waals surface area (Å²) in [4.78, 5) is 10.4. The summed E-state index contributed by atoms with van der Waals surface area (Å²) < 4.78 is 6.85. The standard InChI is InChI=1S/C54H38N2O/c1-5-14-40-41-25-23-33(30-47(41)54(3,4)46(40)6-2)36-28-44(53-45(29-36)50-37-18-8-7-15-32(37)24-26-49(50)57-53)34-16-13-17-35(27-34)48-31-55-51-42-21-11-9-19-38(42)39-20-10-12-22-43(39)52(51)56-48/h5-31H,2H2,1,3-4H3/b14-5-. The first-order valence-corrected chi connectivity index (χ1v) is 19.6. The molecule has 0 radical (unpaired) electrons. The molecule has 0 unspecified atom stereocenters. The van der Waals surface area contributed by atoms with Crippen molar-refractivity contribution in [3.63, 3.8) is 0 Å². The van der Waals surface area contributed by atoms with Gasteiger partial charge in [-0.15, -0.1) is 0 Å². The van der Waals surface area contributed by atoms with Crippen LogP contribution in [0, 0.1) is 0 Å². The first kappa shape index (κ1) is 33.3. The molecule has 270 valence electrons. The minimum Gasteiger partial charge on any atom is -0.455 e. The van der Waals surface area contributed by atoms with Crippen LogP contribution in [-0.2, 0) is 5.41 Å². The molecule has 0 saturated carbocycles. The van der Waals surface area contributed by atoms with Gasteiger partial charge >= 0.3 is 0 Å². The molecule has 0 bridgehead atoms. The molecule has 11 rings (SSSR count). The quantitative estimate of drug-likeness (QED) is 0.166. The number of aromatic nitrogens is 2. The summed E-state index contributed by atoms with van der Waals surface area (Å²) in [7, 11) is 0. The van der Waals surface area contributed by atoms with E-state index in [1.807, 2.05) is 12.3 Å². The van der Waals surface area contributed by atoms with Crippen LogP contribution in [0.3, 0.4) is 0 Å². The maximum atomic E-state index is 6.85. The van der Waals surface area contributed by atoms with Crippen LogP contribution in [0.2, 0.25) is 0 Å². The largest absolute Gasteiger partial charge is 0.455 e. The number of rotatable bonds is 5. The summed E-state index contributed by atoms with van der Waals surface area (Å²) in [5.41, 5.74) is 14.7. The number of benzene rings is 8. The molecule has 2 aromatic heterocycles. The SMILES string of the molecule is C=CC1=C(/C=C\C)c2ccc(-c3cc(-c4cccc(-c5cnc6c7ccccc7c7ccccc7c6n5)c4)c4oc5ccc6ccccc6c5c4c3)cc2C1(C)C. The Bertz CT molecular complexity index is 3380. The normalized spacial score (nSPS) is 13.9. The molecule has 3 nitrogen and oxygen atoms in total. The molecule has 3 heteroatoms. The Morgan fingerprint density at radius 2 is 1.32 bits per heavy atom. The van der Waals surface area contributed by atoms with Crippen molar-refractivity contribution in [3.8, 4) is 33.5 Å². The molecular formula is C54H38N2O. The van der Waals surface area contributed by atoms with Crippen molar-refractivity contribution in [2.24, 2.45) is 0 Å². The van der Waals surface area contributed by atoms with E-state index in [1.54, 1.807) is 0 Å². The number of nitrogens with zero attached hydrogens (tertiary/aromatic N) is 2. The van der Waals surface area contributed by atoms with Gasteiger partial charge < -0.3 is 4.42 Å². The second-order valence-electron chi connectivity index (χ2n) is 15.7. The lowest BCUT2D eigenvalue weighted by Crippen LogP contribution is -2.16. The Morgan fingerprint density at radius 1 is 0.596 bits per heavy atom. The number of fused-ring (bicyclic) bond motifs is 12. The van der Waals surface area contributed by atoms with Gasteiger partial charge in [0.15, 0.2) is 0 Å². The molecule has 0 amide bonds. The van der Waals surface area contributed by atoms with Gasteiger partial charge in [0.1, 0.15) is 11.2 Å². The third-order valence-corrected chi connectivity index (χ3v) is 12.2. The fraction of sp³-hybridized carbons (Fsp3) is 0.0741. The van der Waals surface area contributed by atoms with Crippen molar-refractivity contribution >= 4 is 70.9 Å². The van der Waals surface area contributed by atoms with Gasteiger partial charge in [0.05, 0.1) is 22.9 Å². The van der Waals surface area contributed by atoms with Crippen LogP contribution in [0.5, 0.6) is 0 Å². The van der Waals surface area contributed by atoms with E-state index < -0.39 is 0 Å². The summed E-state index contributed by atoms with van der Waals surface area (Å²) in [6.45, 7) is 10.9. The van der Waals surface area contributed by atoms with Crippen molar-refractivity contribution in [2.75, 3.05) is 0 Å². The summed E-state index contributed by atoms with van der Waals surface area (Å²) in [5, 5.41) is 9.19. The van der Waals surface area contributed by atoms with E-state index in [2.05, 4.69) is 179 Å². The monoisotopic (exact) mass is 730 g/mol. The second kappa shape index (κ2) is 12.5. The predicted octanol–water partition coefficient (Wildman–Crippen LogP) is 14.8. The van der Waals surface area contributed by atoms with Crippen LogP contribution < -0.4 is 0 Å². The average Bonchev–Trinajstić information content (AvgIpc) is 3.74. The van der Waals surface area contributed by atoms with Gasteiger partial charge in [0.25, 0.3) is 0 Å². The molecule has 0 fully saturated rings. The lowest BCUT2D eigenvalue weighted by atomic mass is 9.80. The summed E-state index contributed by atoms with van der Waals surface area (Å²) in [6.07, 6.45) is 8.28. The van der Waals surface area contributed by atoms with Crippen molar-refractivity contribution in [1.82, 2.24) is 9.97 Å². The summed E-state index contributed by atoms with van der Waals surface area (Å²) in [6, 6.07) is 50.1. The molecule has 57 heavy (non-hydrogen) atoms. The van der Waals surface area contributed by atoms with Gasteiger partial charge in [-0.3, -0.25) is 4.98 Å². The zero-order chi connectivity index (χ0) is 38.4. The van der Waals surface area contributed by atoms with Crippen LogP contribution in [-0.4, -0.2) is 9.97 Å². The molecule has 0 aliphatic heterocycles. The van der Waals surface area contributed by atoms with E-state index >= 15 is 0 Å². The predicted molar refractivity (Wildman–Crippen MR) is 241 cm³/mol. The van der Waals surface area contributed by atoms with E-state index in [4.69, 9.17) is 14.4 Å². The number of allylic oxidation sites excluding steroid dienone is 5. The van der Waals surface area contributed by atoms with E-state index in [1.165, 1.54) is 49.4 Å².